The van der Waals surface area contributed by atoms with Gasteiger partial charge in [-0.1, -0.05) is 24.6 Å². The van der Waals surface area contributed by atoms with Gasteiger partial charge in [0, 0.05) is 18.9 Å². The van der Waals surface area contributed by atoms with Crippen LogP contribution in [0.25, 0.3) is 0 Å². The summed E-state index contributed by atoms with van der Waals surface area (Å²) in [6.45, 7) is 4.59. The Morgan fingerprint density at radius 3 is 2.72 bits per heavy atom. The van der Waals surface area contributed by atoms with E-state index in [2.05, 4.69) is 10.6 Å². The van der Waals surface area contributed by atoms with Crippen molar-refractivity contribution in [3.63, 3.8) is 0 Å². The fraction of sp³-hybridized carbons (Fsp3) is 0.526. The van der Waals surface area contributed by atoms with Gasteiger partial charge in [0.1, 0.15) is 0 Å². The Labute approximate surface area is 148 Å². The van der Waals surface area contributed by atoms with Gasteiger partial charge in [-0.3, -0.25) is 9.59 Å². The summed E-state index contributed by atoms with van der Waals surface area (Å²) in [5.74, 6) is -1.29. The first kappa shape index (κ1) is 19.0. The molecule has 136 valence electrons. The topological polar surface area (TPSA) is 84.5 Å². The number of amides is 2. The zero-order valence-electron chi connectivity index (χ0n) is 15.1. The van der Waals surface area contributed by atoms with Crippen LogP contribution in [0.1, 0.15) is 48.4 Å². The highest BCUT2D eigenvalue weighted by atomic mass is 16.5. The Morgan fingerprint density at radius 2 is 2.04 bits per heavy atom. The van der Waals surface area contributed by atoms with Crippen molar-refractivity contribution in [2.75, 3.05) is 13.7 Å². The minimum absolute atomic E-state index is 0.0736. The molecule has 2 N–H and O–H groups in total. The molecule has 0 spiro atoms. The van der Waals surface area contributed by atoms with Crippen molar-refractivity contribution in [3.05, 3.63) is 34.9 Å². The molecule has 0 aromatic heterocycles. The Balaban J connectivity index is 2.10. The molecule has 1 aliphatic rings. The van der Waals surface area contributed by atoms with E-state index < -0.39 is 12.0 Å². The molecule has 25 heavy (non-hydrogen) atoms. The van der Waals surface area contributed by atoms with Crippen LogP contribution in [0.4, 0.5) is 0 Å². The lowest BCUT2D eigenvalue weighted by Crippen LogP contribution is -2.38. The second-order valence-electron chi connectivity index (χ2n) is 6.56. The van der Waals surface area contributed by atoms with E-state index in [-0.39, 0.29) is 24.2 Å². The summed E-state index contributed by atoms with van der Waals surface area (Å²) in [6.07, 6.45) is 2.60. The summed E-state index contributed by atoms with van der Waals surface area (Å²) in [5.41, 5.74) is 2.81. The third-order valence-electron chi connectivity index (χ3n) is 4.69. The minimum Gasteiger partial charge on any atom is -0.467 e. The number of aryl methyl sites for hydroxylation is 2. The highest BCUT2D eigenvalue weighted by molar-refractivity contribution is 5.89. The van der Waals surface area contributed by atoms with Gasteiger partial charge in [0.25, 0.3) is 0 Å². The molecule has 0 saturated carbocycles. The van der Waals surface area contributed by atoms with Crippen LogP contribution in [0, 0.1) is 19.8 Å². The molecule has 2 atom stereocenters. The quantitative estimate of drug-likeness (QED) is 0.798. The van der Waals surface area contributed by atoms with E-state index >= 15 is 0 Å². The molecule has 0 bridgehead atoms. The van der Waals surface area contributed by atoms with Crippen molar-refractivity contribution in [1.29, 1.82) is 0 Å². The maximum Gasteiger partial charge on any atom is 0.333 e. The number of hydrogen-bond acceptors (Lipinski definition) is 4. The molecule has 2 amide bonds. The second-order valence-corrected chi connectivity index (χ2v) is 6.56. The van der Waals surface area contributed by atoms with Crippen LogP contribution in [0.15, 0.2) is 18.2 Å². The molecule has 1 aromatic rings. The lowest BCUT2D eigenvalue weighted by molar-refractivity contribution is -0.145. The first-order valence-corrected chi connectivity index (χ1v) is 8.64. The van der Waals surface area contributed by atoms with E-state index in [1.165, 1.54) is 7.11 Å². The fourth-order valence-electron chi connectivity index (χ4n) is 2.98. The number of hydrogen-bond donors (Lipinski definition) is 2. The second kappa shape index (κ2) is 8.65. The normalized spacial score (nSPS) is 18.7. The zero-order valence-corrected chi connectivity index (χ0v) is 15.1. The van der Waals surface area contributed by atoms with Gasteiger partial charge in [-0.2, -0.15) is 0 Å². The first-order valence-electron chi connectivity index (χ1n) is 8.64. The summed E-state index contributed by atoms with van der Waals surface area (Å²) < 4.78 is 4.84. The largest absolute Gasteiger partial charge is 0.467 e. The molecule has 2 rings (SSSR count). The van der Waals surface area contributed by atoms with Gasteiger partial charge in [0.05, 0.1) is 7.11 Å². The van der Waals surface area contributed by atoms with Gasteiger partial charge in [-0.05, 0) is 43.4 Å². The van der Waals surface area contributed by atoms with Crippen LogP contribution in [0.5, 0.6) is 0 Å². The smallest absolute Gasteiger partial charge is 0.333 e. The number of nitrogens with one attached hydrogen (secondary N) is 2. The van der Waals surface area contributed by atoms with Gasteiger partial charge in [-0.25, -0.2) is 4.79 Å². The van der Waals surface area contributed by atoms with Crippen molar-refractivity contribution < 1.29 is 19.1 Å². The summed E-state index contributed by atoms with van der Waals surface area (Å²) in [4.78, 5) is 36.6. The molecule has 6 heteroatoms. The predicted molar refractivity (Wildman–Crippen MR) is 93.8 cm³/mol. The third kappa shape index (κ3) is 5.05. The van der Waals surface area contributed by atoms with E-state index in [0.29, 0.717) is 18.5 Å². The predicted octanol–water partition coefficient (Wildman–Crippen LogP) is 1.94. The van der Waals surface area contributed by atoms with Gasteiger partial charge in [-0.15, -0.1) is 0 Å². The maximum absolute atomic E-state index is 12.4. The van der Waals surface area contributed by atoms with Crippen molar-refractivity contribution in [2.24, 2.45) is 5.92 Å². The van der Waals surface area contributed by atoms with Crippen molar-refractivity contribution in [2.45, 2.75) is 45.6 Å². The number of rotatable bonds is 5. The molecule has 1 fully saturated rings. The summed E-state index contributed by atoms with van der Waals surface area (Å²) in [7, 11) is 1.29. The summed E-state index contributed by atoms with van der Waals surface area (Å²) in [5, 5.41) is 5.55. The average molecular weight is 346 g/mol. The molecule has 6 nitrogen and oxygen atoms in total. The average Bonchev–Trinajstić information content (AvgIpc) is 2.79. The van der Waals surface area contributed by atoms with Crippen LogP contribution in [0.3, 0.4) is 0 Å². The van der Waals surface area contributed by atoms with Crippen LogP contribution in [-0.2, 0) is 19.1 Å². The van der Waals surface area contributed by atoms with E-state index in [0.717, 1.165) is 24.0 Å². The SMILES string of the molecule is COC(=O)[C@@H](NC(=O)C[C@H]1CCCCNC1=O)c1ccc(C)c(C)c1. The molecule has 1 heterocycles. The molecule has 1 aromatic carbocycles. The fourth-order valence-corrected chi connectivity index (χ4v) is 2.98. The number of ether oxygens (including phenoxy) is 1. The lowest BCUT2D eigenvalue weighted by atomic mass is 9.97. The standard InChI is InChI=1S/C19H26N2O4/c1-12-7-8-14(10-13(12)2)17(19(24)25-3)21-16(22)11-15-6-4-5-9-20-18(15)23/h7-8,10,15,17H,4-6,9,11H2,1-3H3,(H,20,23)(H,21,22)/t15-,17+/m1/s1. The number of benzene rings is 1. The Morgan fingerprint density at radius 1 is 1.28 bits per heavy atom. The third-order valence-corrected chi connectivity index (χ3v) is 4.69. The Hall–Kier alpha value is -2.37. The highest BCUT2D eigenvalue weighted by Crippen LogP contribution is 2.20. The molecule has 0 radical (unpaired) electrons. The molecule has 1 aliphatic heterocycles. The first-order chi connectivity index (χ1) is 11.9. The van der Waals surface area contributed by atoms with Gasteiger partial charge in [0.2, 0.25) is 11.8 Å². The molecular weight excluding hydrogens is 320 g/mol. The van der Waals surface area contributed by atoms with Crippen molar-refractivity contribution in [1.82, 2.24) is 10.6 Å². The van der Waals surface area contributed by atoms with E-state index in [1.807, 2.05) is 32.0 Å². The number of methoxy groups -OCH3 is 1. The Bertz CT molecular complexity index is 657. The number of carbonyl (C=O) groups is 3. The van der Waals surface area contributed by atoms with Crippen LogP contribution in [-0.4, -0.2) is 31.4 Å². The maximum atomic E-state index is 12.4. The summed E-state index contributed by atoms with van der Waals surface area (Å²) in [6, 6.07) is 4.72. The van der Waals surface area contributed by atoms with Gasteiger partial charge < -0.3 is 15.4 Å². The Kier molecular flexibility index (Phi) is 6.56. The van der Waals surface area contributed by atoms with Crippen molar-refractivity contribution in [3.8, 4) is 0 Å². The van der Waals surface area contributed by atoms with Crippen LogP contribution >= 0.6 is 0 Å². The number of carbonyl (C=O) groups excluding carboxylic acids is 3. The lowest BCUT2D eigenvalue weighted by Gasteiger charge is -2.19. The molecule has 0 aliphatic carbocycles. The van der Waals surface area contributed by atoms with Gasteiger partial charge in [0.15, 0.2) is 6.04 Å². The van der Waals surface area contributed by atoms with E-state index in [4.69, 9.17) is 4.74 Å². The zero-order chi connectivity index (χ0) is 18.4. The van der Waals surface area contributed by atoms with Crippen molar-refractivity contribution >= 4 is 17.8 Å². The van der Waals surface area contributed by atoms with E-state index in [1.54, 1.807) is 0 Å². The molecular formula is C19H26N2O4. The number of esters is 1. The molecule has 0 unspecified atom stereocenters. The summed E-state index contributed by atoms with van der Waals surface area (Å²) >= 11 is 0. The van der Waals surface area contributed by atoms with Crippen LogP contribution in [0.2, 0.25) is 0 Å². The molecule has 1 saturated heterocycles. The monoisotopic (exact) mass is 346 g/mol. The van der Waals surface area contributed by atoms with E-state index in [9.17, 15) is 14.4 Å². The van der Waals surface area contributed by atoms with Crippen LogP contribution < -0.4 is 10.6 Å². The highest BCUT2D eigenvalue weighted by Gasteiger charge is 2.28. The van der Waals surface area contributed by atoms with Gasteiger partial charge >= 0.3 is 5.97 Å². The minimum atomic E-state index is -0.870.